The normalized spacial score (nSPS) is 11.2. The molecule has 62 heavy (non-hydrogen) atoms. The zero-order valence-corrected chi connectivity index (χ0v) is 34.1. The molecule has 0 amide bonds. The number of anilines is 3. The first kappa shape index (κ1) is 36.8. The van der Waals surface area contributed by atoms with Crippen LogP contribution in [0.5, 0.6) is 0 Å². The molecule has 1 heterocycles. The Bertz CT molecular complexity index is 3190. The Hall–Kier alpha value is -8.20. The van der Waals surface area contributed by atoms with Crippen molar-refractivity contribution in [2.24, 2.45) is 0 Å². The Morgan fingerprint density at radius 2 is 0.597 bits per heavy atom. The molecule has 10 aromatic carbocycles. The van der Waals surface area contributed by atoms with Gasteiger partial charge in [0.15, 0.2) is 0 Å². The van der Waals surface area contributed by atoms with Gasteiger partial charge >= 0.3 is 0 Å². The van der Waals surface area contributed by atoms with Crippen LogP contribution < -0.4 is 4.90 Å². The van der Waals surface area contributed by atoms with E-state index in [-0.39, 0.29) is 0 Å². The van der Waals surface area contributed by atoms with Gasteiger partial charge in [0, 0.05) is 33.4 Å². The molecule has 0 spiro atoms. The first-order valence-electron chi connectivity index (χ1n) is 21.3. The van der Waals surface area contributed by atoms with E-state index in [1.807, 2.05) is 0 Å². The van der Waals surface area contributed by atoms with Crippen LogP contribution in [-0.4, -0.2) is 4.57 Å². The molecule has 0 bridgehead atoms. The number of rotatable bonds is 9. The van der Waals surface area contributed by atoms with Crippen LogP contribution in [0.1, 0.15) is 0 Å². The van der Waals surface area contributed by atoms with E-state index in [2.05, 4.69) is 264 Å². The molecule has 1 aromatic heterocycles. The Kier molecular flexibility index (Phi) is 9.57. The maximum Gasteiger partial charge on any atom is 0.0547 e. The van der Waals surface area contributed by atoms with Gasteiger partial charge in [-0.2, -0.15) is 0 Å². The molecule has 0 unspecified atom stereocenters. The molecule has 0 atom stereocenters. The lowest BCUT2D eigenvalue weighted by Crippen LogP contribution is -2.09. The van der Waals surface area contributed by atoms with Crippen LogP contribution in [0.4, 0.5) is 17.1 Å². The maximum absolute atomic E-state index is 2.44. The predicted octanol–water partition coefficient (Wildman–Crippen LogP) is 16.6. The second kappa shape index (κ2) is 16.1. The third kappa shape index (κ3) is 6.84. The summed E-state index contributed by atoms with van der Waals surface area (Å²) in [7, 11) is 0. The maximum atomic E-state index is 2.44. The number of fused-ring (bicyclic) bond motifs is 3. The van der Waals surface area contributed by atoms with E-state index in [9.17, 15) is 0 Å². The van der Waals surface area contributed by atoms with Gasteiger partial charge in [-0.15, -0.1) is 0 Å². The van der Waals surface area contributed by atoms with E-state index >= 15 is 0 Å². The minimum atomic E-state index is 1.10. The quantitative estimate of drug-likeness (QED) is 0.141. The van der Waals surface area contributed by atoms with Gasteiger partial charge in [0.2, 0.25) is 0 Å². The van der Waals surface area contributed by atoms with Gasteiger partial charge in [-0.25, -0.2) is 0 Å². The lowest BCUT2D eigenvalue weighted by molar-refractivity contribution is 1.18. The molecule has 0 fully saturated rings. The molecule has 0 radical (unpaired) electrons. The molecular weight excluding hydrogens is 749 g/mol. The van der Waals surface area contributed by atoms with Gasteiger partial charge in [0.1, 0.15) is 0 Å². The van der Waals surface area contributed by atoms with E-state index in [1.165, 1.54) is 77.4 Å². The Labute approximate surface area is 362 Å². The third-order valence-electron chi connectivity index (χ3n) is 12.0. The Morgan fingerprint density at radius 1 is 0.242 bits per heavy atom. The topological polar surface area (TPSA) is 8.17 Å². The SMILES string of the molecule is c1ccc(-c2ccc(N(c3ccc(-c4ccccc4)cc3)c3ccc(-c4ccc(-c5ccccc5-n5c6ccccc6c6c(-c7ccccc7)cccc65)cc4)cc3)cc2)cc1. The molecule has 0 aliphatic carbocycles. The van der Waals surface area contributed by atoms with Crippen molar-refractivity contribution in [3.8, 4) is 61.3 Å². The molecule has 11 rings (SSSR count). The fraction of sp³-hybridized carbons (Fsp3) is 0. The van der Waals surface area contributed by atoms with Crippen LogP contribution in [0, 0.1) is 0 Å². The van der Waals surface area contributed by atoms with E-state index in [0.717, 1.165) is 22.7 Å². The van der Waals surface area contributed by atoms with Gasteiger partial charge in [-0.3, -0.25) is 0 Å². The Balaban J connectivity index is 0.931. The zero-order valence-electron chi connectivity index (χ0n) is 34.1. The van der Waals surface area contributed by atoms with Gasteiger partial charge < -0.3 is 9.47 Å². The van der Waals surface area contributed by atoms with Crippen molar-refractivity contribution in [3.05, 3.63) is 255 Å². The van der Waals surface area contributed by atoms with Crippen LogP contribution in [0.25, 0.3) is 83.1 Å². The molecule has 0 saturated carbocycles. The molecule has 0 saturated heterocycles. The van der Waals surface area contributed by atoms with Crippen molar-refractivity contribution in [1.29, 1.82) is 0 Å². The van der Waals surface area contributed by atoms with Crippen molar-refractivity contribution >= 4 is 38.9 Å². The molecule has 11 aromatic rings. The molecule has 0 N–H and O–H groups in total. The fourth-order valence-electron chi connectivity index (χ4n) is 9.01. The summed E-state index contributed by atoms with van der Waals surface area (Å²) in [5.41, 5.74) is 18.9. The van der Waals surface area contributed by atoms with E-state index in [4.69, 9.17) is 0 Å². The average Bonchev–Trinajstić information content (AvgIpc) is 3.70. The van der Waals surface area contributed by atoms with Crippen LogP contribution in [0.15, 0.2) is 255 Å². The standard InChI is InChI=1S/C60H42N2/c1-4-15-43(16-5-1)46-31-37-51(38-32-46)61(52-39-33-47(34-40-52)44-17-6-2-7-18-44)53-41-35-48(36-42-53)45-27-29-50(30-28-45)54-21-10-12-24-57(54)62-58-25-13-11-22-56(58)60-55(23-14-26-59(60)62)49-19-8-3-9-20-49/h1-42H. The largest absolute Gasteiger partial charge is 0.311 e. The van der Waals surface area contributed by atoms with Crippen LogP contribution >= 0.6 is 0 Å². The smallest absolute Gasteiger partial charge is 0.0547 e. The summed E-state index contributed by atoms with van der Waals surface area (Å²) in [6.45, 7) is 0. The van der Waals surface area contributed by atoms with Crippen LogP contribution in [0.2, 0.25) is 0 Å². The summed E-state index contributed by atoms with van der Waals surface area (Å²) < 4.78 is 2.44. The summed E-state index contributed by atoms with van der Waals surface area (Å²) in [5.74, 6) is 0. The zero-order chi connectivity index (χ0) is 41.2. The molecule has 0 aliphatic heterocycles. The highest BCUT2D eigenvalue weighted by Gasteiger charge is 2.19. The van der Waals surface area contributed by atoms with E-state index in [0.29, 0.717) is 0 Å². The Morgan fingerprint density at radius 3 is 1.13 bits per heavy atom. The first-order chi connectivity index (χ1) is 30.8. The van der Waals surface area contributed by atoms with Crippen molar-refractivity contribution in [3.63, 3.8) is 0 Å². The molecular formula is C60H42N2. The summed E-state index contributed by atoms with van der Waals surface area (Å²) in [5, 5.41) is 2.53. The number of nitrogens with zero attached hydrogens (tertiary/aromatic N) is 2. The second-order valence-electron chi connectivity index (χ2n) is 15.7. The molecule has 2 heteroatoms. The van der Waals surface area contributed by atoms with Gasteiger partial charge in [-0.1, -0.05) is 200 Å². The van der Waals surface area contributed by atoms with Gasteiger partial charge in [0.25, 0.3) is 0 Å². The van der Waals surface area contributed by atoms with E-state index < -0.39 is 0 Å². The number of para-hydroxylation sites is 2. The molecule has 292 valence electrons. The minimum absolute atomic E-state index is 1.10. The number of aromatic nitrogens is 1. The minimum Gasteiger partial charge on any atom is -0.311 e. The van der Waals surface area contributed by atoms with E-state index in [1.54, 1.807) is 0 Å². The molecule has 0 aliphatic rings. The van der Waals surface area contributed by atoms with Crippen molar-refractivity contribution in [1.82, 2.24) is 4.57 Å². The van der Waals surface area contributed by atoms with Crippen molar-refractivity contribution in [2.75, 3.05) is 4.90 Å². The highest BCUT2D eigenvalue weighted by Crippen LogP contribution is 2.42. The third-order valence-corrected chi connectivity index (χ3v) is 12.0. The number of hydrogen-bond acceptors (Lipinski definition) is 1. The predicted molar refractivity (Wildman–Crippen MR) is 263 cm³/mol. The average molecular weight is 791 g/mol. The highest BCUT2D eigenvalue weighted by atomic mass is 15.1. The van der Waals surface area contributed by atoms with Gasteiger partial charge in [0.05, 0.1) is 16.7 Å². The lowest BCUT2D eigenvalue weighted by Gasteiger charge is -2.26. The number of hydrogen-bond donors (Lipinski definition) is 0. The fourth-order valence-corrected chi connectivity index (χ4v) is 9.01. The van der Waals surface area contributed by atoms with Gasteiger partial charge in [-0.05, 0) is 105 Å². The monoisotopic (exact) mass is 790 g/mol. The summed E-state index contributed by atoms with van der Waals surface area (Å²) in [6, 6.07) is 91.8. The molecule has 2 nitrogen and oxygen atoms in total. The van der Waals surface area contributed by atoms with Crippen LogP contribution in [-0.2, 0) is 0 Å². The first-order valence-corrected chi connectivity index (χ1v) is 21.3. The second-order valence-corrected chi connectivity index (χ2v) is 15.7. The number of benzene rings is 10. The lowest BCUT2D eigenvalue weighted by atomic mass is 9.98. The summed E-state index contributed by atoms with van der Waals surface area (Å²) in [4.78, 5) is 2.34. The van der Waals surface area contributed by atoms with Crippen molar-refractivity contribution in [2.45, 2.75) is 0 Å². The summed E-state index contributed by atoms with van der Waals surface area (Å²) in [6.07, 6.45) is 0. The van der Waals surface area contributed by atoms with Crippen LogP contribution in [0.3, 0.4) is 0 Å². The van der Waals surface area contributed by atoms with Crippen molar-refractivity contribution < 1.29 is 0 Å². The highest BCUT2D eigenvalue weighted by molar-refractivity contribution is 6.16. The summed E-state index contributed by atoms with van der Waals surface area (Å²) >= 11 is 0.